The Morgan fingerprint density at radius 1 is 1.24 bits per heavy atom. The van der Waals surface area contributed by atoms with Crippen LogP contribution in [0.3, 0.4) is 0 Å². The fraction of sp³-hybridized carbons (Fsp3) is 0.889. The van der Waals surface area contributed by atoms with Gasteiger partial charge in [-0.15, -0.1) is 0 Å². The summed E-state index contributed by atoms with van der Waals surface area (Å²) >= 11 is 0. The van der Waals surface area contributed by atoms with Crippen molar-refractivity contribution in [3.8, 4) is 6.07 Å². The van der Waals surface area contributed by atoms with Crippen LogP contribution in [0.2, 0.25) is 0 Å². The molecule has 2 rings (SSSR count). The van der Waals surface area contributed by atoms with Crippen molar-refractivity contribution < 1.29 is 4.79 Å². The number of hydrogen-bond acceptors (Lipinski definition) is 2. The van der Waals surface area contributed by atoms with Crippen LogP contribution >= 0.6 is 0 Å². The van der Waals surface area contributed by atoms with E-state index < -0.39 is 5.54 Å². The molecule has 2 fully saturated rings. The Balaban J connectivity index is 1.90. The van der Waals surface area contributed by atoms with Crippen LogP contribution in [0.4, 0.5) is 0 Å². The van der Waals surface area contributed by atoms with Crippen LogP contribution in [0.5, 0.6) is 0 Å². The van der Waals surface area contributed by atoms with Gasteiger partial charge in [0.2, 0.25) is 5.91 Å². The van der Waals surface area contributed by atoms with Crippen molar-refractivity contribution >= 4 is 5.91 Å². The standard InChI is InChI=1S/C18H30N2O/c1-14-9-15(12-17(2,3)11-14)10-16(21)20-18(13-19)7-5-4-6-8-18/h14-15H,4-12H2,1-3H3,(H,20,21)/t14-,15-/m0/s1. The van der Waals surface area contributed by atoms with E-state index in [0.717, 1.165) is 38.5 Å². The number of nitriles is 1. The van der Waals surface area contributed by atoms with Gasteiger partial charge in [0, 0.05) is 6.42 Å². The maximum absolute atomic E-state index is 12.4. The molecule has 0 radical (unpaired) electrons. The number of rotatable bonds is 3. The topological polar surface area (TPSA) is 52.9 Å². The first-order chi connectivity index (χ1) is 9.84. The van der Waals surface area contributed by atoms with E-state index in [0.29, 0.717) is 23.7 Å². The third-order valence-corrected chi connectivity index (χ3v) is 5.25. The van der Waals surface area contributed by atoms with Crippen molar-refractivity contribution in [1.82, 2.24) is 5.32 Å². The van der Waals surface area contributed by atoms with Gasteiger partial charge in [-0.1, -0.05) is 40.0 Å². The number of nitrogens with one attached hydrogen (secondary N) is 1. The number of amides is 1. The second-order valence-electron chi connectivity index (χ2n) is 8.29. The van der Waals surface area contributed by atoms with Crippen LogP contribution in [0.1, 0.15) is 78.6 Å². The molecule has 1 amide bonds. The predicted octanol–water partition coefficient (Wildman–Crippen LogP) is 4.18. The van der Waals surface area contributed by atoms with Crippen LogP contribution in [0, 0.1) is 28.6 Å². The summed E-state index contributed by atoms with van der Waals surface area (Å²) in [5.74, 6) is 1.27. The van der Waals surface area contributed by atoms with E-state index in [1.165, 1.54) is 12.8 Å². The van der Waals surface area contributed by atoms with Gasteiger partial charge in [0.05, 0.1) is 6.07 Å². The monoisotopic (exact) mass is 290 g/mol. The average Bonchev–Trinajstić information content (AvgIpc) is 2.37. The quantitative estimate of drug-likeness (QED) is 0.847. The molecule has 0 saturated heterocycles. The lowest BCUT2D eigenvalue weighted by molar-refractivity contribution is -0.124. The summed E-state index contributed by atoms with van der Waals surface area (Å²) in [5, 5.41) is 12.5. The third kappa shape index (κ3) is 4.46. The third-order valence-electron chi connectivity index (χ3n) is 5.25. The lowest BCUT2D eigenvalue weighted by atomic mass is 9.67. The van der Waals surface area contributed by atoms with Crippen LogP contribution in [-0.2, 0) is 4.79 Å². The Hall–Kier alpha value is -1.04. The molecule has 118 valence electrons. The highest BCUT2D eigenvalue weighted by molar-refractivity contribution is 5.77. The highest BCUT2D eigenvalue weighted by atomic mass is 16.1. The highest BCUT2D eigenvalue weighted by Crippen LogP contribution is 2.42. The van der Waals surface area contributed by atoms with Crippen LogP contribution in [0.15, 0.2) is 0 Å². The number of hydrogen-bond donors (Lipinski definition) is 1. The molecule has 0 bridgehead atoms. The molecule has 0 aromatic rings. The first-order valence-electron chi connectivity index (χ1n) is 8.56. The largest absolute Gasteiger partial charge is 0.338 e. The maximum atomic E-state index is 12.4. The zero-order valence-corrected chi connectivity index (χ0v) is 13.9. The normalized spacial score (nSPS) is 31.1. The molecular weight excluding hydrogens is 260 g/mol. The number of carbonyl (C=O) groups is 1. The van der Waals surface area contributed by atoms with Gasteiger partial charge in [-0.25, -0.2) is 0 Å². The molecule has 2 saturated carbocycles. The van der Waals surface area contributed by atoms with Gasteiger partial charge in [0.25, 0.3) is 0 Å². The summed E-state index contributed by atoms with van der Waals surface area (Å²) in [6.07, 6.45) is 9.07. The molecule has 0 spiro atoms. The summed E-state index contributed by atoms with van der Waals surface area (Å²) in [5.41, 5.74) is -0.231. The molecule has 1 N–H and O–H groups in total. The van der Waals surface area contributed by atoms with Gasteiger partial charge in [0.1, 0.15) is 5.54 Å². The Morgan fingerprint density at radius 2 is 1.90 bits per heavy atom. The maximum Gasteiger partial charge on any atom is 0.221 e. The molecule has 2 aliphatic carbocycles. The smallest absolute Gasteiger partial charge is 0.221 e. The fourth-order valence-corrected chi connectivity index (χ4v) is 4.70. The van der Waals surface area contributed by atoms with E-state index in [1.54, 1.807) is 0 Å². The van der Waals surface area contributed by atoms with E-state index in [2.05, 4.69) is 32.2 Å². The summed E-state index contributed by atoms with van der Waals surface area (Å²) < 4.78 is 0. The van der Waals surface area contributed by atoms with Crippen LogP contribution in [0.25, 0.3) is 0 Å². The number of carbonyl (C=O) groups excluding carboxylic acids is 1. The van der Waals surface area contributed by atoms with Crippen molar-refractivity contribution in [2.24, 2.45) is 17.3 Å². The van der Waals surface area contributed by atoms with Gasteiger partial charge < -0.3 is 5.32 Å². The molecular formula is C18H30N2O. The molecule has 0 unspecified atom stereocenters. The zero-order valence-electron chi connectivity index (χ0n) is 13.9. The lowest BCUT2D eigenvalue weighted by Crippen LogP contribution is -2.49. The van der Waals surface area contributed by atoms with Gasteiger partial charge in [0.15, 0.2) is 0 Å². The van der Waals surface area contributed by atoms with Gasteiger partial charge in [-0.05, 0) is 49.4 Å². The van der Waals surface area contributed by atoms with Gasteiger partial charge in [-0.2, -0.15) is 5.26 Å². The second-order valence-corrected chi connectivity index (χ2v) is 8.29. The first kappa shape index (κ1) is 16.3. The van der Waals surface area contributed by atoms with E-state index in [9.17, 15) is 10.1 Å². The van der Waals surface area contributed by atoms with E-state index >= 15 is 0 Å². The highest BCUT2D eigenvalue weighted by Gasteiger charge is 2.36. The van der Waals surface area contributed by atoms with Crippen molar-refractivity contribution in [1.29, 1.82) is 5.26 Å². The molecule has 0 aromatic heterocycles. The van der Waals surface area contributed by atoms with Crippen LogP contribution in [-0.4, -0.2) is 11.4 Å². The minimum atomic E-state index is -0.578. The molecule has 3 nitrogen and oxygen atoms in total. The predicted molar refractivity (Wildman–Crippen MR) is 84.5 cm³/mol. The Kier molecular flexibility index (Phi) is 4.96. The van der Waals surface area contributed by atoms with E-state index in [4.69, 9.17) is 0 Å². The SMILES string of the molecule is C[C@H]1C[C@@H](CC(=O)NC2(C#N)CCCCC2)CC(C)(C)C1. The fourth-order valence-electron chi connectivity index (χ4n) is 4.70. The van der Waals surface area contributed by atoms with E-state index in [-0.39, 0.29) is 5.91 Å². The summed E-state index contributed by atoms with van der Waals surface area (Å²) in [6.45, 7) is 6.92. The molecule has 2 atom stereocenters. The molecule has 2 aliphatic rings. The van der Waals surface area contributed by atoms with Crippen molar-refractivity contribution in [2.45, 2.75) is 84.1 Å². The zero-order chi connectivity index (χ0) is 15.5. The van der Waals surface area contributed by atoms with E-state index in [1.807, 2.05) is 0 Å². The first-order valence-corrected chi connectivity index (χ1v) is 8.56. The molecule has 0 heterocycles. The Morgan fingerprint density at radius 3 is 2.48 bits per heavy atom. The molecule has 3 heteroatoms. The lowest BCUT2D eigenvalue weighted by Gasteiger charge is -2.39. The minimum absolute atomic E-state index is 0.0911. The molecule has 0 aliphatic heterocycles. The Bertz CT molecular complexity index is 415. The van der Waals surface area contributed by atoms with Crippen molar-refractivity contribution in [3.05, 3.63) is 0 Å². The minimum Gasteiger partial charge on any atom is -0.338 e. The van der Waals surface area contributed by atoms with Gasteiger partial charge >= 0.3 is 0 Å². The summed E-state index contributed by atoms with van der Waals surface area (Å²) in [4.78, 5) is 12.4. The van der Waals surface area contributed by atoms with Crippen LogP contribution < -0.4 is 5.32 Å². The molecule has 0 aromatic carbocycles. The Labute approximate surface area is 129 Å². The second kappa shape index (κ2) is 6.38. The average molecular weight is 290 g/mol. The summed E-state index contributed by atoms with van der Waals surface area (Å²) in [6, 6.07) is 2.38. The number of nitrogens with zero attached hydrogens (tertiary/aromatic N) is 1. The summed E-state index contributed by atoms with van der Waals surface area (Å²) in [7, 11) is 0. The molecule has 21 heavy (non-hydrogen) atoms. The van der Waals surface area contributed by atoms with Gasteiger partial charge in [-0.3, -0.25) is 4.79 Å². The van der Waals surface area contributed by atoms with Crippen molar-refractivity contribution in [2.75, 3.05) is 0 Å². The van der Waals surface area contributed by atoms with Crippen molar-refractivity contribution in [3.63, 3.8) is 0 Å².